The van der Waals surface area contributed by atoms with Crippen molar-refractivity contribution >= 4 is 58.3 Å². The van der Waals surface area contributed by atoms with Crippen molar-refractivity contribution in [3.8, 4) is 0 Å². The van der Waals surface area contributed by atoms with Crippen molar-refractivity contribution in [3.63, 3.8) is 0 Å². The number of ether oxygens (including phenoxy) is 2. The Morgan fingerprint density at radius 2 is 1.14 bits per heavy atom. The molecule has 1 aromatic rings. The van der Waals surface area contributed by atoms with E-state index in [2.05, 4.69) is 13.2 Å². The van der Waals surface area contributed by atoms with Gasteiger partial charge in [0.15, 0.2) is 0 Å². The molecule has 0 aromatic heterocycles. The van der Waals surface area contributed by atoms with Crippen molar-refractivity contribution in [2.75, 3.05) is 0 Å². The van der Waals surface area contributed by atoms with E-state index in [1.165, 1.54) is 0 Å². The average Bonchev–Trinajstić information content (AvgIpc) is 2.51. The molecule has 4 nitrogen and oxygen atoms in total. The molecule has 0 spiro atoms. The molecule has 0 fully saturated rings. The molecule has 0 aliphatic carbocycles. The Balaban J connectivity index is 3.19. The Morgan fingerprint density at radius 1 is 0.773 bits per heavy atom. The summed E-state index contributed by atoms with van der Waals surface area (Å²) in [5.74, 6) is -1.31. The summed E-state index contributed by atoms with van der Waals surface area (Å²) in [4.78, 5) is 22.3. The van der Waals surface area contributed by atoms with E-state index in [0.717, 1.165) is 12.2 Å². The van der Waals surface area contributed by atoms with Crippen molar-refractivity contribution in [2.45, 2.75) is 13.2 Å². The molecule has 0 radical (unpaired) electrons. The van der Waals surface area contributed by atoms with E-state index in [-0.39, 0.29) is 44.4 Å². The Bertz CT molecular complexity index is 589. The van der Waals surface area contributed by atoms with E-state index >= 15 is 0 Å². The zero-order valence-corrected chi connectivity index (χ0v) is 14.2. The summed E-state index contributed by atoms with van der Waals surface area (Å²) in [5, 5.41) is 0.204. The molecule has 0 N–H and O–H groups in total. The van der Waals surface area contributed by atoms with E-state index < -0.39 is 11.9 Å². The van der Waals surface area contributed by atoms with Gasteiger partial charge in [-0.1, -0.05) is 59.6 Å². The number of rotatable bonds is 6. The lowest BCUT2D eigenvalue weighted by Gasteiger charge is -2.15. The lowest BCUT2D eigenvalue weighted by Crippen LogP contribution is -2.06. The van der Waals surface area contributed by atoms with Crippen LogP contribution in [0.4, 0.5) is 0 Å². The van der Waals surface area contributed by atoms with E-state index in [1.807, 2.05) is 0 Å². The SMILES string of the molecule is C=CC(=O)OCc1c(Cl)c(Cl)c(Cl)c(COC(=O)C=C)c1Cl. The summed E-state index contributed by atoms with van der Waals surface area (Å²) < 4.78 is 9.77. The van der Waals surface area contributed by atoms with Gasteiger partial charge in [-0.3, -0.25) is 0 Å². The van der Waals surface area contributed by atoms with Gasteiger partial charge in [0.05, 0.1) is 20.1 Å². The zero-order chi connectivity index (χ0) is 16.9. The topological polar surface area (TPSA) is 52.6 Å². The summed E-state index contributed by atoms with van der Waals surface area (Å²) in [5.41, 5.74) is 0.496. The lowest BCUT2D eigenvalue weighted by molar-refractivity contribution is -0.139. The predicted octanol–water partition coefficient (Wildman–Crippen LogP) is 4.76. The Kier molecular flexibility index (Phi) is 7.23. The maximum Gasteiger partial charge on any atom is 0.330 e. The quantitative estimate of drug-likeness (QED) is 0.307. The number of halogens is 4. The molecule has 118 valence electrons. The molecule has 0 bridgehead atoms. The number of carbonyl (C=O) groups is 2. The third-order valence-corrected chi connectivity index (χ3v) is 4.36. The predicted molar refractivity (Wildman–Crippen MR) is 86.5 cm³/mol. The van der Waals surface area contributed by atoms with Gasteiger partial charge >= 0.3 is 11.9 Å². The first-order valence-electron chi connectivity index (χ1n) is 5.75. The van der Waals surface area contributed by atoms with Crippen LogP contribution < -0.4 is 0 Å². The number of benzene rings is 1. The number of esters is 2. The van der Waals surface area contributed by atoms with Crippen LogP contribution in [0.15, 0.2) is 25.3 Å². The van der Waals surface area contributed by atoms with E-state index in [4.69, 9.17) is 55.9 Å². The fourth-order valence-corrected chi connectivity index (χ4v) is 2.55. The Labute approximate surface area is 147 Å². The van der Waals surface area contributed by atoms with Crippen LogP contribution in [0, 0.1) is 0 Å². The van der Waals surface area contributed by atoms with E-state index in [0.29, 0.717) is 0 Å². The smallest absolute Gasteiger partial charge is 0.330 e. The fraction of sp³-hybridized carbons (Fsp3) is 0.143. The second-order valence-electron chi connectivity index (χ2n) is 3.84. The minimum atomic E-state index is -0.655. The summed E-state index contributed by atoms with van der Waals surface area (Å²) in [7, 11) is 0. The van der Waals surface area contributed by atoms with Crippen LogP contribution in [0.25, 0.3) is 0 Å². The van der Waals surface area contributed by atoms with Gasteiger partial charge in [0.1, 0.15) is 13.2 Å². The molecule has 0 atom stereocenters. The van der Waals surface area contributed by atoms with Crippen molar-refractivity contribution in [1.82, 2.24) is 0 Å². The van der Waals surface area contributed by atoms with Crippen molar-refractivity contribution in [1.29, 1.82) is 0 Å². The van der Waals surface area contributed by atoms with Gasteiger partial charge in [-0.2, -0.15) is 0 Å². The highest BCUT2D eigenvalue weighted by molar-refractivity contribution is 6.50. The molecule has 0 amide bonds. The molecule has 0 saturated heterocycles. The first kappa shape index (κ1) is 18.8. The fourth-order valence-electron chi connectivity index (χ4n) is 1.39. The van der Waals surface area contributed by atoms with Crippen molar-refractivity contribution in [2.24, 2.45) is 0 Å². The highest BCUT2D eigenvalue weighted by Gasteiger charge is 2.21. The van der Waals surface area contributed by atoms with E-state index in [1.54, 1.807) is 0 Å². The molecule has 0 aliphatic rings. The Hall–Kier alpha value is -1.20. The van der Waals surface area contributed by atoms with Gasteiger partial charge in [0.25, 0.3) is 0 Å². The monoisotopic (exact) mass is 382 g/mol. The second kappa shape index (κ2) is 8.44. The van der Waals surface area contributed by atoms with Crippen LogP contribution in [0.3, 0.4) is 0 Å². The van der Waals surface area contributed by atoms with Crippen molar-refractivity contribution < 1.29 is 19.1 Å². The molecular weight excluding hydrogens is 374 g/mol. The van der Waals surface area contributed by atoms with Gasteiger partial charge in [-0.05, 0) is 0 Å². The molecule has 1 aromatic carbocycles. The molecule has 22 heavy (non-hydrogen) atoms. The third kappa shape index (κ3) is 4.40. The van der Waals surface area contributed by atoms with Crippen LogP contribution in [-0.4, -0.2) is 11.9 Å². The van der Waals surface area contributed by atoms with Crippen LogP contribution in [0.5, 0.6) is 0 Å². The molecule has 8 heteroatoms. The molecule has 0 saturated carbocycles. The summed E-state index contributed by atoms with van der Waals surface area (Å²) in [6.45, 7) is 6.07. The van der Waals surface area contributed by atoms with Gasteiger partial charge in [-0.15, -0.1) is 0 Å². The van der Waals surface area contributed by atoms with Crippen LogP contribution in [0.2, 0.25) is 20.1 Å². The molecule has 0 unspecified atom stereocenters. The number of carbonyl (C=O) groups excluding carboxylic acids is 2. The zero-order valence-electron chi connectivity index (χ0n) is 11.1. The minimum Gasteiger partial charge on any atom is -0.458 e. The van der Waals surface area contributed by atoms with Crippen LogP contribution >= 0.6 is 46.4 Å². The first-order chi connectivity index (χ1) is 10.3. The summed E-state index contributed by atoms with van der Waals surface area (Å²) in [6, 6.07) is 0. The number of hydrogen-bond acceptors (Lipinski definition) is 4. The molecule has 1 rings (SSSR count). The summed E-state index contributed by atoms with van der Waals surface area (Å²) >= 11 is 24.3. The van der Waals surface area contributed by atoms with Gasteiger partial charge < -0.3 is 9.47 Å². The highest BCUT2D eigenvalue weighted by atomic mass is 35.5. The maximum absolute atomic E-state index is 11.1. The van der Waals surface area contributed by atoms with Gasteiger partial charge in [0, 0.05) is 23.3 Å². The first-order valence-corrected chi connectivity index (χ1v) is 7.26. The largest absolute Gasteiger partial charge is 0.458 e. The van der Waals surface area contributed by atoms with E-state index in [9.17, 15) is 9.59 Å². The summed E-state index contributed by atoms with van der Waals surface area (Å²) in [6.07, 6.45) is 1.98. The van der Waals surface area contributed by atoms with Gasteiger partial charge in [-0.25, -0.2) is 9.59 Å². The second-order valence-corrected chi connectivity index (χ2v) is 5.35. The third-order valence-electron chi connectivity index (χ3n) is 2.50. The highest BCUT2D eigenvalue weighted by Crippen LogP contribution is 2.42. The standard InChI is InChI=1S/C14H10Cl4O4/c1-3-9(19)21-5-7-11(15)8(6-22-10(20)4-2)13(17)14(18)12(7)16/h3-4H,1-2,5-6H2. The molecular formula is C14H10Cl4O4. The molecule has 0 heterocycles. The minimum absolute atomic E-state index is 0.0158. The van der Waals surface area contributed by atoms with Crippen molar-refractivity contribution in [3.05, 3.63) is 56.5 Å². The van der Waals surface area contributed by atoms with Crippen LogP contribution in [-0.2, 0) is 32.3 Å². The lowest BCUT2D eigenvalue weighted by atomic mass is 10.1. The average molecular weight is 384 g/mol. The normalized spacial score (nSPS) is 10.0. The van der Waals surface area contributed by atoms with Gasteiger partial charge in [0.2, 0.25) is 0 Å². The Morgan fingerprint density at radius 3 is 1.45 bits per heavy atom. The molecule has 0 aliphatic heterocycles. The maximum atomic E-state index is 11.1. The number of hydrogen-bond donors (Lipinski definition) is 0. The van der Waals surface area contributed by atoms with Crippen LogP contribution in [0.1, 0.15) is 11.1 Å².